The van der Waals surface area contributed by atoms with Gasteiger partial charge in [0, 0.05) is 43.0 Å². The maximum atomic E-state index is 6.65. The van der Waals surface area contributed by atoms with Gasteiger partial charge in [0.15, 0.2) is 5.16 Å². The second kappa shape index (κ2) is 6.07. The van der Waals surface area contributed by atoms with Gasteiger partial charge in [-0.05, 0) is 18.2 Å². The van der Waals surface area contributed by atoms with Crippen LogP contribution in [0.1, 0.15) is 12.6 Å². The zero-order chi connectivity index (χ0) is 17.8. The van der Waals surface area contributed by atoms with E-state index in [1.54, 1.807) is 12.4 Å². The van der Waals surface area contributed by atoms with Crippen molar-refractivity contribution in [1.82, 2.24) is 24.9 Å². The van der Waals surface area contributed by atoms with Crippen LogP contribution in [0.3, 0.4) is 0 Å². The van der Waals surface area contributed by atoms with Crippen LogP contribution in [0.2, 0.25) is 5.02 Å². The van der Waals surface area contributed by atoms with Crippen LogP contribution >= 0.6 is 23.4 Å². The third-order valence-corrected chi connectivity index (χ3v) is 6.62. The number of aryl methyl sites for hydroxylation is 1. The Morgan fingerprint density at radius 1 is 1.27 bits per heavy atom. The van der Waals surface area contributed by atoms with Gasteiger partial charge in [0.25, 0.3) is 0 Å². The highest BCUT2D eigenvalue weighted by molar-refractivity contribution is 7.99. The SMILES string of the molecule is CCc1[nH]c2nc(Sc3cncnc3)nc(N3C[C@@H]4C([NH3+])[C@@H]4C3)c2c1Cl. The smallest absolute Gasteiger partial charge is 0.196 e. The second-order valence-corrected chi connectivity index (χ2v) is 8.32. The summed E-state index contributed by atoms with van der Waals surface area (Å²) in [5.74, 6) is 2.29. The van der Waals surface area contributed by atoms with Gasteiger partial charge < -0.3 is 15.6 Å². The molecule has 7 nitrogen and oxygen atoms in total. The topological polar surface area (TPSA) is 98.2 Å². The van der Waals surface area contributed by atoms with Crippen molar-refractivity contribution in [2.75, 3.05) is 18.0 Å². The Labute approximate surface area is 159 Å². The summed E-state index contributed by atoms with van der Waals surface area (Å²) >= 11 is 8.11. The Balaban J connectivity index is 1.59. The van der Waals surface area contributed by atoms with Crippen molar-refractivity contribution in [3.8, 4) is 0 Å². The van der Waals surface area contributed by atoms with E-state index in [1.807, 2.05) is 0 Å². The molecule has 0 amide bonds. The van der Waals surface area contributed by atoms with Gasteiger partial charge in [-0.3, -0.25) is 0 Å². The van der Waals surface area contributed by atoms with Gasteiger partial charge in [0.05, 0.1) is 21.3 Å². The molecular formula is C17H19ClN7S+. The number of halogens is 1. The average molecular weight is 389 g/mol. The van der Waals surface area contributed by atoms with Gasteiger partial charge in [-0.25, -0.2) is 19.9 Å². The molecule has 0 spiro atoms. The quantitative estimate of drug-likeness (QED) is 0.661. The number of hydrogen-bond acceptors (Lipinski definition) is 6. The van der Waals surface area contributed by atoms with Gasteiger partial charge in [0.2, 0.25) is 0 Å². The van der Waals surface area contributed by atoms with E-state index in [1.165, 1.54) is 18.1 Å². The fourth-order valence-electron chi connectivity index (χ4n) is 3.85. The molecule has 0 bridgehead atoms. The van der Waals surface area contributed by atoms with E-state index < -0.39 is 0 Å². The van der Waals surface area contributed by atoms with Crippen molar-refractivity contribution < 1.29 is 5.73 Å². The van der Waals surface area contributed by atoms with Crippen molar-refractivity contribution >= 4 is 40.2 Å². The minimum absolute atomic E-state index is 0.590. The summed E-state index contributed by atoms with van der Waals surface area (Å²) in [6.45, 7) is 4.07. The largest absolute Gasteiger partial charge is 0.355 e. The highest BCUT2D eigenvalue weighted by atomic mass is 35.5. The molecule has 1 saturated carbocycles. The third-order valence-electron chi connectivity index (χ3n) is 5.39. The zero-order valence-electron chi connectivity index (χ0n) is 14.3. The van der Waals surface area contributed by atoms with Gasteiger partial charge in [-0.2, -0.15) is 0 Å². The first-order chi connectivity index (χ1) is 12.7. The summed E-state index contributed by atoms with van der Waals surface area (Å²) in [5.41, 5.74) is 6.02. The van der Waals surface area contributed by atoms with Crippen LogP contribution in [-0.2, 0) is 6.42 Å². The molecular weight excluding hydrogens is 370 g/mol. The molecule has 3 atom stereocenters. The molecule has 2 fully saturated rings. The van der Waals surface area contributed by atoms with Crippen LogP contribution in [0.25, 0.3) is 11.0 Å². The Morgan fingerprint density at radius 3 is 2.69 bits per heavy atom. The number of H-pyrrole nitrogens is 1. The molecule has 26 heavy (non-hydrogen) atoms. The number of anilines is 1. The molecule has 134 valence electrons. The predicted octanol–water partition coefficient (Wildman–Crippen LogP) is 1.79. The molecule has 2 aliphatic rings. The lowest BCUT2D eigenvalue weighted by molar-refractivity contribution is -0.393. The molecule has 3 aromatic heterocycles. The van der Waals surface area contributed by atoms with Crippen LogP contribution in [0, 0.1) is 11.8 Å². The lowest BCUT2D eigenvalue weighted by Crippen LogP contribution is -2.56. The fraction of sp³-hybridized carbons (Fsp3) is 0.412. The van der Waals surface area contributed by atoms with Gasteiger partial charge in [-0.1, -0.05) is 18.5 Å². The van der Waals surface area contributed by atoms with Gasteiger partial charge >= 0.3 is 0 Å². The molecule has 9 heteroatoms. The van der Waals surface area contributed by atoms with Crippen molar-refractivity contribution in [2.45, 2.75) is 29.4 Å². The first kappa shape index (κ1) is 16.3. The highest BCUT2D eigenvalue weighted by Gasteiger charge is 2.57. The summed E-state index contributed by atoms with van der Waals surface area (Å²) in [4.78, 5) is 24.3. The van der Waals surface area contributed by atoms with E-state index >= 15 is 0 Å². The Bertz CT molecular complexity index is 964. The minimum atomic E-state index is 0.590. The number of rotatable bonds is 4. The molecule has 0 radical (unpaired) electrons. The van der Waals surface area contributed by atoms with Gasteiger partial charge in [0.1, 0.15) is 17.8 Å². The number of nitrogens with one attached hydrogen (secondary N) is 1. The Hall–Kier alpha value is -1.90. The van der Waals surface area contributed by atoms with Crippen molar-refractivity contribution in [3.05, 3.63) is 29.4 Å². The summed E-state index contributed by atoms with van der Waals surface area (Å²) in [7, 11) is 0. The van der Waals surface area contributed by atoms with Crippen LogP contribution < -0.4 is 10.6 Å². The molecule has 1 aliphatic carbocycles. The van der Waals surface area contributed by atoms with Crippen LogP contribution in [-0.4, -0.2) is 44.1 Å². The van der Waals surface area contributed by atoms with Crippen molar-refractivity contribution in [3.63, 3.8) is 0 Å². The standard InChI is InChI=1S/C17H18ClN7S/c1-2-11-13(18)12-15(22-11)23-17(26-8-3-20-7-21-4-8)24-16(12)25-5-9-10(6-25)14(9)19/h3-4,7,9-10,14H,2,5-6,19H2,1H3,(H,22,23,24)/p+1/t9-,10+,14?. The van der Waals surface area contributed by atoms with E-state index in [2.05, 4.69) is 32.5 Å². The Kier molecular flexibility index (Phi) is 3.80. The van der Waals surface area contributed by atoms with E-state index in [9.17, 15) is 0 Å². The second-order valence-electron chi connectivity index (χ2n) is 6.90. The van der Waals surface area contributed by atoms with E-state index in [-0.39, 0.29) is 0 Å². The molecule has 5 rings (SSSR count). The maximum absolute atomic E-state index is 6.65. The first-order valence-corrected chi connectivity index (χ1v) is 9.94. The fourth-order valence-corrected chi connectivity index (χ4v) is 4.92. The number of aromatic amines is 1. The zero-order valence-corrected chi connectivity index (χ0v) is 15.9. The minimum Gasteiger partial charge on any atom is -0.355 e. The molecule has 1 unspecified atom stereocenters. The number of fused-ring (bicyclic) bond motifs is 2. The summed E-state index contributed by atoms with van der Waals surface area (Å²) in [6.07, 6.45) is 5.88. The highest BCUT2D eigenvalue weighted by Crippen LogP contribution is 2.46. The molecule has 4 heterocycles. The van der Waals surface area contributed by atoms with Crippen molar-refractivity contribution in [2.24, 2.45) is 11.8 Å². The normalized spacial score (nSPS) is 24.3. The average Bonchev–Trinajstić information content (AvgIpc) is 3.02. The van der Waals surface area contributed by atoms with E-state index in [4.69, 9.17) is 21.6 Å². The van der Waals surface area contributed by atoms with Crippen LogP contribution in [0.4, 0.5) is 5.82 Å². The van der Waals surface area contributed by atoms with E-state index in [0.29, 0.717) is 23.0 Å². The molecule has 0 aromatic carbocycles. The first-order valence-electron chi connectivity index (χ1n) is 8.74. The predicted molar refractivity (Wildman–Crippen MR) is 100 cm³/mol. The molecule has 1 saturated heterocycles. The number of aromatic nitrogens is 5. The van der Waals surface area contributed by atoms with Crippen LogP contribution in [0.5, 0.6) is 0 Å². The number of nitrogens with zero attached hydrogens (tertiary/aromatic N) is 5. The molecule has 3 aromatic rings. The lowest BCUT2D eigenvalue weighted by atomic mass is 10.2. The lowest BCUT2D eigenvalue weighted by Gasteiger charge is -2.21. The molecule has 1 aliphatic heterocycles. The third kappa shape index (κ3) is 2.55. The molecule has 4 N–H and O–H groups in total. The number of hydrogen-bond donors (Lipinski definition) is 2. The van der Waals surface area contributed by atoms with Gasteiger partial charge in [-0.15, -0.1) is 0 Å². The summed E-state index contributed by atoms with van der Waals surface area (Å²) in [5, 5.41) is 2.34. The van der Waals surface area contributed by atoms with Crippen LogP contribution in [0.15, 0.2) is 28.8 Å². The Morgan fingerprint density at radius 2 is 2.00 bits per heavy atom. The van der Waals surface area contributed by atoms with Crippen molar-refractivity contribution in [1.29, 1.82) is 0 Å². The summed E-state index contributed by atoms with van der Waals surface area (Å²) < 4.78 is 0. The monoisotopic (exact) mass is 388 g/mol. The maximum Gasteiger partial charge on any atom is 0.196 e. The number of piperidine rings is 1. The van der Waals surface area contributed by atoms with E-state index in [0.717, 1.165) is 52.0 Å². The number of quaternary nitrogens is 1. The summed E-state index contributed by atoms with van der Waals surface area (Å²) in [6, 6.07) is 0.590.